The van der Waals surface area contributed by atoms with Crippen LogP contribution in [0.1, 0.15) is 22.3 Å². The van der Waals surface area contributed by atoms with E-state index in [1.165, 1.54) is 5.56 Å². The van der Waals surface area contributed by atoms with Gasteiger partial charge in [0, 0.05) is 18.5 Å². The van der Waals surface area contributed by atoms with Crippen LogP contribution < -0.4 is 11.1 Å². The summed E-state index contributed by atoms with van der Waals surface area (Å²) in [6, 6.07) is 19.4. The third kappa shape index (κ3) is 10.5. The number of hydrogen-bond donors (Lipinski definition) is 3. The fourth-order valence-electron chi connectivity index (χ4n) is 2.01. The van der Waals surface area contributed by atoms with Gasteiger partial charge >= 0.3 is 0 Å². The van der Waals surface area contributed by atoms with Gasteiger partial charge < -0.3 is 15.8 Å². The summed E-state index contributed by atoms with van der Waals surface area (Å²) in [7, 11) is 0. The molecule has 0 aliphatic heterocycles. The summed E-state index contributed by atoms with van der Waals surface area (Å²) in [6.45, 7) is 1.01. The van der Waals surface area contributed by atoms with Crippen LogP contribution in [-0.4, -0.2) is 29.3 Å². The second kappa shape index (κ2) is 12.9. The van der Waals surface area contributed by atoms with Crippen LogP contribution in [0.15, 0.2) is 60.7 Å². The summed E-state index contributed by atoms with van der Waals surface area (Å²) >= 11 is 8.20. The zero-order valence-electron chi connectivity index (χ0n) is 14.3. The number of thiol groups is 1. The molecule has 2 aromatic rings. The van der Waals surface area contributed by atoms with Gasteiger partial charge in [0.05, 0.1) is 6.61 Å². The molecule has 0 spiro atoms. The van der Waals surface area contributed by atoms with Crippen molar-refractivity contribution in [3.8, 4) is 0 Å². The lowest BCUT2D eigenvalue weighted by atomic mass is 10.1. The van der Waals surface area contributed by atoms with E-state index in [9.17, 15) is 4.79 Å². The van der Waals surface area contributed by atoms with Crippen LogP contribution >= 0.6 is 24.8 Å². The Bertz CT molecular complexity index is 690. The summed E-state index contributed by atoms with van der Waals surface area (Å²) in [4.78, 5) is 21.0. The highest BCUT2D eigenvalue weighted by Crippen LogP contribution is 2.03. The minimum atomic E-state index is -0.639. The molecule has 0 fully saturated rings. The molecule has 0 heterocycles. The smallest absolute Gasteiger partial charge is 0.273 e. The molecule has 7 heteroatoms. The lowest BCUT2D eigenvalue weighted by Gasteiger charge is -2.09. The second-order valence-electron chi connectivity index (χ2n) is 5.18. The van der Waals surface area contributed by atoms with E-state index in [4.69, 9.17) is 21.7 Å². The maximum absolute atomic E-state index is 11.9. The highest BCUT2D eigenvalue weighted by atomic mass is 32.1. The normalized spacial score (nSPS) is 9.42. The van der Waals surface area contributed by atoms with Gasteiger partial charge in [0.15, 0.2) is 5.78 Å². The van der Waals surface area contributed by atoms with Crippen LogP contribution in [-0.2, 0) is 11.2 Å². The maximum atomic E-state index is 11.9. The zero-order valence-corrected chi connectivity index (χ0v) is 16.0. The van der Waals surface area contributed by atoms with Crippen LogP contribution in [0.2, 0.25) is 0 Å². The Balaban J connectivity index is 0.000000765. The molecule has 1 amide bonds. The minimum Gasteiger partial charge on any atom is -0.471 e. The molecule has 138 valence electrons. The summed E-state index contributed by atoms with van der Waals surface area (Å²) < 4.78 is 5.37. The van der Waals surface area contributed by atoms with Crippen LogP contribution in [0.5, 0.6) is 0 Å². The monoisotopic (exact) mass is 390 g/mol. The van der Waals surface area contributed by atoms with Crippen molar-refractivity contribution < 1.29 is 14.3 Å². The van der Waals surface area contributed by atoms with E-state index < -0.39 is 5.24 Å². The van der Waals surface area contributed by atoms with Crippen molar-refractivity contribution in [1.29, 1.82) is 0 Å². The Labute approximate surface area is 164 Å². The summed E-state index contributed by atoms with van der Waals surface area (Å²) in [5.74, 6) is 0.0627. The standard InChI is InChI=1S/C18H19NO2S.CH3NOS/c20-17(16-9-5-2-6-10-16)12-14-21-18(22)19-13-11-15-7-3-1-4-8-15;2-1(3)4/h1-10H,11-14H2,(H,19,22);(H3,2,3,4). The van der Waals surface area contributed by atoms with Gasteiger partial charge in [0.25, 0.3) is 10.4 Å². The molecule has 0 bridgehead atoms. The Kier molecular flexibility index (Phi) is 10.8. The van der Waals surface area contributed by atoms with Gasteiger partial charge in [-0.05, 0) is 24.2 Å². The lowest BCUT2D eigenvalue weighted by Crippen LogP contribution is -2.27. The van der Waals surface area contributed by atoms with Crippen molar-refractivity contribution >= 4 is 41.0 Å². The second-order valence-corrected chi connectivity index (χ2v) is 5.99. The number of thiocarbonyl (C=S) groups is 1. The predicted octanol–water partition coefficient (Wildman–Crippen LogP) is 3.39. The van der Waals surface area contributed by atoms with Crippen molar-refractivity contribution in [1.82, 2.24) is 5.32 Å². The minimum absolute atomic E-state index is 0.0627. The molecular weight excluding hydrogens is 368 g/mol. The molecule has 2 rings (SSSR count). The Hall–Kier alpha value is -2.38. The molecule has 0 atom stereocenters. The number of benzene rings is 2. The highest BCUT2D eigenvalue weighted by molar-refractivity contribution is 7.96. The number of hydrogen-bond acceptors (Lipinski definition) is 4. The fraction of sp³-hybridized carbons (Fsp3) is 0.211. The van der Waals surface area contributed by atoms with E-state index in [0.29, 0.717) is 23.8 Å². The van der Waals surface area contributed by atoms with E-state index in [1.54, 1.807) is 12.1 Å². The molecule has 0 aromatic heterocycles. The maximum Gasteiger partial charge on any atom is 0.273 e. The average Bonchev–Trinajstić information content (AvgIpc) is 2.63. The number of amides is 1. The van der Waals surface area contributed by atoms with Gasteiger partial charge in [-0.1, -0.05) is 73.3 Å². The zero-order chi connectivity index (χ0) is 19.2. The molecule has 0 saturated heterocycles. The predicted molar refractivity (Wildman–Crippen MR) is 111 cm³/mol. The van der Waals surface area contributed by atoms with Crippen LogP contribution in [0.3, 0.4) is 0 Å². The molecule has 2 aromatic carbocycles. The molecule has 0 aliphatic rings. The Morgan fingerprint density at radius 1 is 1.04 bits per heavy atom. The third-order valence-electron chi connectivity index (χ3n) is 3.18. The van der Waals surface area contributed by atoms with E-state index in [0.717, 1.165) is 13.0 Å². The number of nitrogens with two attached hydrogens (primary N) is 1. The van der Waals surface area contributed by atoms with E-state index in [-0.39, 0.29) is 5.78 Å². The molecule has 5 nitrogen and oxygen atoms in total. The number of carbonyl (C=O) groups is 2. The largest absolute Gasteiger partial charge is 0.471 e. The molecule has 3 N–H and O–H groups in total. The highest BCUT2D eigenvalue weighted by Gasteiger charge is 2.05. The van der Waals surface area contributed by atoms with Crippen LogP contribution in [0, 0.1) is 0 Å². The summed E-state index contributed by atoms with van der Waals surface area (Å²) in [5.41, 5.74) is 6.29. The van der Waals surface area contributed by atoms with Gasteiger partial charge in [-0.15, -0.1) is 0 Å². The van der Waals surface area contributed by atoms with E-state index >= 15 is 0 Å². The Morgan fingerprint density at radius 2 is 1.58 bits per heavy atom. The molecule has 26 heavy (non-hydrogen) atoms. The number of ketones is 1. The van der Waals surface area contributed by atoms with E-state index in [2.05, 4.69) is 35.8 Å². The molecule has 0 aliphatic carbocycles. The van der Waals surface area contributed by atoms with Gasteiger partial charge in [0.2, 0.25) is 0 Å². The number of rotatable bonds is 7. The quantitative estimate of drug-likeness (QED) is 0.384. The average molecular weight is 391 g/mol. The first kappa shape index (κ1) is 21.7. The SMILES string of the molecule is NC(=O)S.O=C(CCOC(=S)NCCc1ccccc1)c1ccccc1. The van der Waals surface area contributed by atoms with Gasteiger partial charge in [-0.2, -0.15) is 0 Å². The van der Waals surface area contributed by atoms with Crippen molar-refractivity contribution in [2.75, 3.05) is 13.2 Å². The first-order valence-corrected chi connectivity index (χ1v) is 8.85. The van der Waals surface area contributed by atoms with Crippen molar-refractivity contribution in [2.24, 2.45) is 5.73 Å². The lowest BCUT2D eigenvalue weighted by molar-refractivity contribution is 0.0959. The molecule has 0 saturated carbocycles. The summed E-state index contributed by atoms with van der Waals surface area (Å²) in [5, 5.41) is 2.75. The number of nitrogens with one attached hydrogen (secondary N) is 1. The van der Waals surface area contributed by atoms with Crippen molar-refractivity contribution in [3.05, 3.63) is 71.8 Å². The first-order valence-electron chi connectivity index (χ1n) is 8.00. The van der Waals surface area contributed by atoms with Crippen molar-refractivity contribution in [3.63, 3.8) is 0 Å². The molecule has 0 unspecified atom stereocenters. The van der Waals surface area contributed by atoms with Crippen LogP contribution in [0.4, 0.5) is 4.79 Å². The van der Waals surface area contributed by atoms with E-state index in [1.807, 2.05) is 36.4 Å². The Morgan fingerprint density at radius 3 is 2.15 bits per heavy atom. The van der Waals surface area contributed by atoms with Crippen molar-refractivity contribution in [2.45, 2.75) is 12.8 Å². The van der Waals surface area contributed by atoms with Gasteiger partial charge in [0.1, 0.15) is 0 Å². The number of Topliss-reactive ketones (excluding diaryl/α,β-unsaturated/α-hetero) is 1. The number of primary amides is 1. The topological polar surface area (TPSA) is 81.4 Å². The van der Waals surface area contributed by atoms with Crippen LogP contribution in [0.25, 0.3) is 0 Å². The summed E-state index contributed by atoms with van der Waals surface area (Å²) in [6.07, 6.45) is 1.21. The third-order valence-corrected chi connectivity index (χ3v) is 3.45. The number of carbonyl (C=O) groups excluding carboxylic acids is 2. The first-order chi connectivity index (χ1) is 12.5. The molecular formula is C19H22N2O3S2. The molecule has 0 radical (unpaired) electrons. The fourth-order valence-corrected chi connectivity index (χ4v) is 2.19. The van der Waals surface area contributed by atoms with Gasteiger partial charge in [-0.3, -0.25) is 9.59 Å². The van der Waals surface area contributed by atoms with Gasteiger partial charge in [-0.25, -0.2) is 0 Å². The number of ether oxygens (including phenoxy) is 1.